The number of aromatic nitrogens is 1. The second-order valence-electron chi connectivity index (χ2n) is 8.75. The van der Waals surface area contributed by atoms with Crippen LogP contribution in [0, 0.1) is 0 Å². The second-order valence-corrected chi connectivity index (χ2v) is 8.75. The molecule has 0 amide bonds. The molecule has 158 valence electrons. The number of pyridine rings is 1. The number of nitrogens with zero attached hydrogens (tertiary/aromatic N) is 1. The Morgan fingerprint density at radius 3 is 1.79 bits per heavy atom. The monoisotopic (exact) mass is 431 g/mol. The van der Waals surface area contributed by atoms with E-state index in [0.717, 1.165) is 5.52 Å². The fourth-order valence-electron chi connectivity index (χ4n) is 5.45. The summed E-state index contributed by atoms with van der Waals surface area (Å²) < 4.78 is 0. The Balaban J connectivity index is 1.72. The van der Waals surface area contributed by atoms with Crippen LogP contribution in [0.15, 0.2) is 128 Å². The summed E-state index contributed by atoms with van der Waals surface area (Å²) in [6.45, 7) is 0. The summed E-state index contributed by atoms with van der Waals surface area (Å²) in [4.78, 5) is 4.94. The maximum absolute atomic E-state index is 4.94. The zero-order valence-corrected chi connectivity index (χ0v) is 18.6. The molecule has 0 bridgehead atoms. The van der Waals surface area contributed by atoms with Gasteiger partial charge < -0.3 is 0 Å². The molecule has 0 spiro atoms. The molecular formula is C33H21N. The van der Waals surface area contributed by atoms with Gasteiger partial charge in [-0.1, -0.05) is 109 Å². The fourth-order valence-corrected chi connectivity index (χ4v) is 5.45. The molecule has 0 saturated carbocycles. The van der Waals surface area contributed by atoms with E-state index in [1.165, 1.54) is 60.0 Å². The average Bonchev–Trinajstić information content (AvgIpc) is 2.92. The first-order valence-corrected chi connectivity index (χ1v) is 11.7. The molecule has 0 aliphatic rings. The van der Waals surface area contributed by atoms with Crippen molar-refractivity contribution in [2.75, 3.05) is 0 Å². The van der Waals surface area contributed by atoms with Crippen LogP contribution < -0.4 is 0 Å². The van der Waals surface area contributed by atoms with E-state index in [4.69, 9.17) is 4.98 Å². The van der Waals surface area contributed by atoms with E-state index >= 15 is 0 Å². The van der Waals surface area contributed by atoms with Crippen LogP contribution in [0.5, 0.6) is 0 Å². The van der Waals surface area contributed by atoms with Crippen molar-refractivity contribution < 1.29 is 0 Å². The van der Waals surface area contributed by atoms with Crippen molar-refractivity contribution in [3.63, 3.8) is 0 Å². The Labute approximate surface area is 197 Å². The summed E-state index contributed by atoms with van der Waals surface area (Å²) in [5.74, 6) is 0. The predicted molar refractivity (Wildman–Crippen MR) is 145 cm³/mol. The predicted octanol–water partition coefficient (Wildman–Crippen LogP) is 9.03. The molecule has 0 aliphatic heterocycles. The molecule has 0 unspecified atom stereocenters. The minimum absolute atomic E-state index is 1.04. The van der Waals surface area contributed by atoms with Gasteiger partial charge in [0.15, 0.2) is 0 Å². The molecule has 7 rings (SSSR count). The quantitative estimate of drug-likeness (QED) is 0.196. The van der Waals surface area contributed by atoms with Crippen LogP contribution in [-0.2, 0) is 0 Å². The van der Waals surface area contributed by atoms with E-state index in [0.29, 0.717) is 0 Å². The van der Waals surface area contributed by atoms with E-state index in [2.05, 4.69) is 121 Å². The molecule has 1 aromatic heterocycles. The van der Waals surface area contributed by atoms with Crippen molar-refractivity contribution in [1.82, 2.24) is 4.98 Å². The highest BCUT2D eigenvalue weighted by Crippen LogP contribution is 2.45. The fraction of sp³-hybridized carbons (Fsp3) is 0. The molecular weight excluding hydrogens is 410 g/mol. The van der Waals surface area contributed by atoms with E-state index in [9.17, 15) is 0 Å². The zero-order valence-electron chi connectivity index (χ0n) is 18.6. The van der Waals surface area contributed by atoms with Crippen molar-refractivity contribution in [3.05, 3.63) is 128 Å². The van der Waals surface area contributed by atoms with Gasteiger partial charge in [-0.2, -0.15) is 0 Å². The minimum Gasteiger partial charge on any atom is -0.256 e. The Morgan fingerprint density at radius 1 is 0.412 bits per heavy atom. The second kappa shape index (κ2) is 7.54. The third-order valence-corrected chi connectivity index (χ3v) is 6.88. The first kappa shape index (κ1) is 19.0. The van der Waals surface area contributed by atoms with Crippen LogP contribution in [0.3, 0.4) is 0 Å². The topological polar surface area (TPSA) is 12.9 Å². The Bertz CT molecular complexity index is 1790. The van der Waals surface area contributed by atoms with Gasteiger partial charge in [0.05, 0.1) is 5.52 Å². The van der Waals surface area contributed by atoms with Gasteiger partial charge >= 0.3 is 0 Å². The Hall–Kier alpha value is -4.49. The lowest BCUT2D eigenvalue weighted by Crippen LogP contribution is -1.93. The van der Waals surface area contributed by atoms with Crippen molar-refractivity contribution in [3.8, 4) is 22.3 Å². The van der Waals surface area contributed by atoms with Crippen LogP contribution in [0.2, 0.25) is 0 Å². The lowest BCUT2D eigenvalue weighted by atomic mass is 9.85. The largest absolute Gasteiger partial charge is 0.256 e. The lowest BCUT2D eigenvalue weighted by molar-refractivity contribution is 1.42. The summed E-state index contributed by atoms with van der Waals surface area (Å²) in [6, 6.07) is 43.5. The van der Waals surface area contributed by atoms with Gasteiger partial charge in [-0.05, 0) is 61.1 Å². The molecule has 1 heteroatoms. The van der Waals surface area contributed by atoms with E-state index in [-0.39, 0.29) is 0 Å². The molecule has 0 N–H and O–H groups in total. The first-order chi connectivity index (χ1) is 16.9. The van der Waals surface area contributed by atoms with Gasteiger partial charge in [0.1, 0.15) is 0 Å². The van der Waals surface area contributed by atoms with E-state index in [1.54, 1.807) is 0 Å². The highest BCUT2D eigenvalue weighted by atomic mass is 14.7. The average molecular weight is 432 g/mol. The van der Waals surface area contributed by atoms with Crippen molar-refractivity contribution in [2.45, 2.75) is 0 Å². The van der Waals surface area contributed by atoms with Gasteiger partial charge in [-0.3, -0.25) is 4.98 Å². The molecule has 34 heavy (non-hydrogen) atoms. The third kappa shape index (κ3) is 2.77. The first-order valence-electron chi connectivity index (χ1n) is 11.7. The minimum atomic E-state index is 1.04. The van der Waals surface area contributed by atoms with Gasteiger partial charge in [0, 0.05) is 17.1 Å². The molecule has 0 saturated heterocycles. The van der Waals surface area contributed by atoms with Crippen molar-refractivity contribution in [1.29, 1.82) is 0 Å². The Kier molecular flexibility index (Phi) is 4.22. The van der Waals surface area contributed by atoms with Gasteiger partial charge in [-0.25, -0.2) is 0 Å². The third-order valence-electron chi connectivity index (χ3n) is 6.88. The van der Waals surface area contributed by atoms with Gasteiger partial charge in [-0.15, -0.1) is 0 Å². The SMILES string of the molecule is c1ccc(-c2c3ccccc3c(-c3cc4ccccc4c4ccccc34)c3cccnc23)cc1. The molecule has 0 fully saturated rings. The van der Waals surface area contributed by atoms with Crippen LogP contribution in [0.25, 0.3) is 65.5 Å². The van der Waals surface area contributed by atoms with Crippen LogP contribution in [0.1, 0.15) is 0 Å². The summed E-state index contributed by atoms with van der Waals surface area (Å²) in [6.07, 6.45) is 1.91. The number of hydrogen-bond acceptors (Lipinski definition) is 1. The zero-order chi connectivity index (χ0) is 22.5. The molecule has 0 radical (unpaired) electrons. The van der Waals surface area contributed by atoms with Gasteiger partial charge in [0.2, 0.25) is 0 Å². The van der Waals surface area contributed by atoms with Crippen LogP contribution >= 0.6 is 0 Å². The number of fused-ring (bicyclic) bond motifs is 5. The number of benzene rings is 6. The van der Waals surface area contributed by atoms with Crippen molar-refractivity contribution >= 4 is 43.2 Å². The maximum atomic E-state index is 4.94. The summed E-state index contributed by atoms with van der Waals surface area (Å²) in [5.41, 5.74) is 5.93. The normalized spacial score (nSPS) is 11.5. The molecule has 1 heterocycles. The molecule has 6 aromatic carbocycles. The molecule has 1 nitrogen and oxygen atoms in total. The summed E-state index contributed by atoms with van der Waals surface area (Å²) in [7, 11) is 0. The molecule has 7 aromatic rings. The number of rotatable bonds is 2. The van der Waals surface area contributed by atoms with E-state index < -0.39 is 0 Å². The lowest BCUT2D eigenvalue weighted by Gasteiger charge is -2.19. The van der Waals surface area contributed by atoms with Crippen LogP contribution in [0.4, 0.5) is 0 Å². The smallest absolute Gasteiger partial charge is 0.0792 e. The highest BCUT2D eigenvalue weighted by molar-refractivity contribution is 6.24. The highest BCUT2D eigenvalue weighted by Gasteiger charge is 2.19. The van der Waals surface area contributed by atoms with Gasteiger partial charge in [0.25, 0.3) is 0 Å². The Morgan fingerprint density at radius 2 is 1.00 bits per heavy atom. The van der Waals surface area contributed by atoms with Crippen LogP contribution in [-0.4, -0.2) is 4.98 Å². The van der Waals surface area contributed by atoms with E-state index in [1.807, 2.05) is 6.20 Å². The van der Waals surface area contributed by atoms with Crippen molar-refractivity contribution in [2.24, 2.45) is 0 Å². The summed E-state index contributed by atoms with van der Waals surface area (Å²) >= 11 is 0. The maximum Gasteiger partial charge on any atom is 0.0792 e. The molecule has 0 aliphatic carbocycles. The molecule has 0 atom stereocenters. The summed E-state index contributed by atoms with van der Waals surface area (Å²) in [5, 5.41) is 8.75. The number of hydrogen-bond donors (Lipinski definition) is 0. The standard InChI is InChI=1S/C33H21N/c1-2-11-22(12-3-1)31-27-17-8-9-18-28(27)32(29-19-10-20-34-33(29)31)30-21-23-13-4-5-14-24(23)25-15-6-7-16-26(25)30/h1-21H.